The van der Waals surface area contributed by atoms with E-state index >= 15 is 0 Å². The van der Waals surface area contributed by atoms with E-state index in [1.54, 1.807) is 0 Å². The Morgan fingerprint density at radius 1 is 1.43 bits per heavy atom. The molecule has 0 N–H and O–H groups in total. The van der Waals surface area contributed by atoms with Gasteiger partial charge in [0.05, 0.1) is 0 Å². The van der Waals surface area contributed by atoms with E-state index in [9.17, 15) is 0 Å². The predicted molar refractivity (Wildman–Crippen MR) is 31.9 cm³/mol. The summed E-state index contributed by atoms with van der Waals surface area (Å²) in [7, 11) is 0. The van der Waals surface area contributed by atoms with Gasteiger partial charge in [0.25, 0.3) is 0 Å². The smallest absolute Gasteiger partial charge is 0.00936 e. The van der Waals surface area contributed by atoms with E-state index in [4.69, 9.17) is 6.92 Å². The van der Waals surface area contributed by atoms with Crippen molar-refractivity contribution in [3.8, 4) is 0 Å². The largest absolute Gasteiger partial charge is 0.0628 e. The lowest BCUT2D eigenvalue weighted by Crippen LogP contribution is -1.84. The van der Waals surface area contributed by atoms with Crippen LogP contribution in [0.3, 0.4) is 0 Å². The first-order valence-corrected chi connectivity index (χ1v) is 2.92. The molecule has 0 saturated heterocycles. The third-order valence-electron chi connectivity index (χ3n) is 0.958. The van der Waals surface area contributed by atoms with Gasteiger partial charge in [0.1, 0.15) is 0 Å². The van der Waals surface area contributed by atoms with Gasteiger partial charge in [-0.1, -0.05) is 26.7 Å². The van der Waals surface area contributed by atoms with Crippen molar-refractivity contribution in [3.63, 3.8) is 0 Å². The summed E-state index contributed by atoms with van der Waals surface area (Å²) in [5, 5.41) is 0. The maximum absolute atomic E-state index is 6.80. The molecule has 0 aromatic rings. The van der Waals surface area contributed by atoms with Crippen LogP contribution >= 0.6 is 0 Å². The molecule has 0 aliphatic heterocycles. The van der Waals surface area contributed by atoms with Crippen LogP contribution in [0.1, 0.15) is 33.1 Å². The Kier molecular flexibility index (Phi) is 4.17. The van der Waals surface area contributed by atoms with Crippen molar-refractivity contribution >= 4 is 0 Å². The van der Waals surface area contributed by atoms with Gasteiger partial charge in [0.15, 0.2) is 0 Å². The fraction of sp³-hybridized carbons (Fsp3) is 0.857. The monoisotopic (exact) mass is 97.1 g/mol. The molecule has 7 heavy (non-hydrogen) atoms. The van der Waals surface area contributed by atoms with Crippen molar-refractivity contribution in [1.82, 2.24) is 0 Å². The number of hydrogen-bond acceptors (Lipinski definition) is 0. The van der Waals surface area contributed by atoms with Gasteiger partial charge in [-0.2, -0.15) is 0 Å². The van der Waals surface area contributed by atoms with Gasteiger partial charge in [0.2, 0.25) is 0 Å². The lowest BCUT2D eigenvalue weighted by atomic mass is 10.1. The van der Waals surface area contributed by atoms with Crippen LogP contribution in [-0.4, -0.2) is 0 Å². The number of unbranched alkanes of at least 4 members (excludes halogenated alkanes) is 1. The molecule has 0 aliphatic rings. The van der Waals surface area contributed by atoms with Crippen LogP contribution in [0.25, 0.3) is 0 Å². The summed E-state index contributed by atoms with van der Waals surface area (Å²) in [6.07, 6.45) is 2.87. The topological polar surface area (TPSA) is 0 Å². The maximum Gasteiger partial charge on any atom is -0.00936 e. The van der Waals surface area contributed by atoms with Crippen LogP contribution < -0.4 is 0 Å². The van der Waals surface area contributed by atoms with Crippen molar-refractivity contribution in [1.29, 1.82) is 0 Å². The minimum absolute atomic E-state index is 0.595. The Balaban J connectivity index is 2.68. The van der Waals surface area contributed by atoms with Crippen molar-refractivity contribution in [2.45, 2.75) is 33.1 Å². The lowest BCUT2D eigenvalue weighted by molar-refractivity contribution is 0.559. The highest BCUT2D eigenvalue weighted by Gasteiger charge is 1.88. The zero-order valence-corrected chi connectivity index (χ0v) is 5.20. The molecule has 0 fully saturated rings. The molecule has 0 unspecified atom stereocenters. The van der Waals surface area contributed by atoms with Crippen molar-refractivity contribution in [2.24, 2.45) is 5.92 Å². The second-order valence-corrected chi connectivity index (χ2v) is 2.29. The third-order valence-corrected chi connectivity index (χ3v) is 0.958. The van der Waals surface area contributed by atoms with Gasteiger partial charge < -0.3 is 0 Å². The SMILES string of the molecule is [C]CCCC(C)C. The van der Waals surface area contributed by atoms with Crippen LogP contribution in [0, 0.1) is 12.8 Å². The Hall–Kier alpha value is 0. The summed E-state index contributed by atoms with van der Waals surface area (Å²) in [6.45, 7) is 11.2. The minimum Gasteiger partial charge on any atom is -0.0628 e. The molecule has 0 heteroatoms. The van der Waals surface area contributed by atoms with Gasteiger partial charge in [-0.15, -0.1) is 0 Å². The van der Waals surface area contributed by atoms with Crippen molar-refractivity contribution in [3.05, 3.63) is 6.92 Å². The van der Waals surface area contributed by atoms with Gasteiger partial charge in [-0.3, -0.25) is 0 Å². The Morgan fingerprint density at radius 3 is 2.14 bits per heavy atom. The quantitative estimate of drug-likeness (QED) is 0.507. The Bertz CT molecular complexity index is 29.0. The molecule has 0 heterocycles. The first-order chi connectivity index (χ1) is 3.27. The van der Waals surface area contributed by atoms with E-state index in [1.165, 1.54) is 6.42 Å². The molecule has 0 aliphatic carbocycles. The van der Waals surface area contributed by atoms with E-state index in [-0.39, 0.29) is 0 Å². The standard InChI is InChI=1S/C7H13/c1-4-5-6-7(2)3/h7H,4-6H2,2-3H3. The van der Waals surface area contributed by atoms with Gasteiger partial charge in [-0.25, -0.2) is 0 Å². The highest BCUT2D eigenvalue weighted by Crippen LogP contribution is 2.04. The molecule has 0 aromatic heterocycles. The lowest BCUT2D eigenvalue weighted by Gasteiger charge is -1.98. The molecule has 0 nitrogen and oxygen atoms in total. The summed E-state index contributed by atoms with van der Waals surface area (Å²) in [4.78, 5) is 0. The molecular formula is C7H13. The molecule has 0 amide bonds. The summed E-state index contributed by atoms with van der Waals surface area (Å²) < 4.78 is 0. The number of rotatable bonds is 3. The highest BCUT2D eigenvalue weighted by molar-refractivity contribution is 4.46. The Morgan fingerprint density at radius 2 is 2.00 bits per heavy atom. The van der Waals surface area contributed by atoms with Gasteiger partial charge in [-0.05, 0) is 19.3 Å². The van der Waals surface area contributed by atoms with Crippen LogP contribution in [0.2, 0.25) is 0 Å². The minimum atomic E-state index is 0.595. The van der Waals surface area contributed by atoms with E-state index in [1.807, 2.05) is 0 Å². The Labute approximate surface area is 46.9 Å². The second kappa shape index (κ2) is 4.17. The molecule has 3 radical (unpaired) electrons. The normalized spacial score (nSPS) is 10.3. The highest BCUT2D eigenvalue weighted by atomic mass is 13.9. The molecule has 0 bridgehead atoms. The average Bonchev–Trinajstić information content (AvgIpc) is 1.61. The van der Waals surface area contributed by atoms with Gasteiger partial charge >= 0.3 is 0 Å². The van der Waals surface area contributed by atoms with E-state index in [0.29, 0.717) is 6.42 Å². The zero-order valence-electron chi connectivity index (χ0n) is 5.20. The summed E-state index contributed by atoms with van der Waals surface area (Å²) in [5.74, 6) is 0.783. The number of hydrogen-bond donors (Lipinski definition) is 0. The summed E-state index contributed by atoms with van der Waals surface area (Å²) in [5.41, 5.74) is 0. The van der Waals surface area contributed by atoms with Crippen LogP contribution in [-0.2, 0) is 0 Å². The molecular weight excluding hydrogens is 84.1 g/mol. The second-order valence-electron chi connectivity index (χ2n) is 2.29. The summed E-state index contributed by atoms with van der Waals surface area (Å²) in [6, 6.07) is 0. The fourth-order valence-corrected chi connectivity index (χ4v) is 0.510. The first-order valence-electron chi connectivity index (χ1n) is 2.92. The van der Waals surface area contributed by atoms with E-state index < -0.39 is 0 Å². The molecule has 41 valence electrons. The van der Waals surface area contributed by atoms with Crippen molar-refractivity contribution in [2.75, 3.05) is 0 Å². The zero-order chi connectivity index (χ0) is 5.70. The predicted octanol–water partition coefficient (Wildman–Crippen LogP) is 2.40. The first kappa shape index (κ1) is 7.00. The van der Waals surface area contributed by atoms with Gasteiger partial charge in [0, 0.05) is 0 Å². The molecule has 0 spiro atoms. The average molecular weight is 97.2 g/mol. The molecule has 0 atom stereocenters. The van der Waals surface area contributed by atoms with E-state index in [2.05, 4.69) is 13.8 Å². The fourth-order valence-electron chi connectivity index (χ4n) is 0.510. The van der Waals surface area contributed by atoms with Crippen LogP contribution in [0.15, 0.2) is 0 Å². The molecule has 0 aromatic carbocycles. The molecule has 0 rings (SSSR count). The summed E-state index contributed by atoms with van der Waals surface area (Å²) >= 11 is 0. The van der Waals surface area contributed by atoms with Crippen LogP contribution in [0.4, 0.5) is 0 Å². The maximum atomic E-state index is 6.80. The van der Waals surface area contributed by atoms with Crippen LogP contribution in [0.5, 0.6) is 0 Å². The van der Waals surface area contributed by atoms with E-state index in [0.717, 1.165) is 12.3 Å². The molecule has 0 saturated carbocycles. The van der Waals surface area contributed by atoms with Crippen molar-refractivity contribution < 1.29 is 0 Å². The third kappa shape index (κ3) is 6.00.